The van der Waals surface area contributed by atoms with Crippen molar-refractivity contribution >= 4 is 23.0 Å². The Bertz CT molecular complexity index is 917. The highest BCUT2D eigenvalue weighted by molar-refractivity contribution is 6.01. The standard InChI is InChI=1S/C20H16O5/c1-23-18-8-4-5-9-19(18)24-13-20(22)25-17-11-10-14-6-2-3-7-15(14)16(17)12-21/h2-12H,13H2,1H3. The summed E-state index contributed by atoms with van der Waals surface area (Å²) in [5.41, 5.74) is 0.337. The predicted octanol–water partition coefficient (Wildman–Crippen LogP) is 3.65. The summed E-state index contributed by atoms with van der Waals surface area (Å²) in [7, 11) is 1.52. The monoisotopic (exact) mass is 336 g/mol. The van der Waals surface area contributed by atoms with E-state index in [1.807, 2.05) is 24.3 Å². The van der Waals surface area contributed by atoms with Crippen LogP contribution < -0.4 is 14.2 Å². The lowest BCUT2D eigenvalue weighted by molar-refractivity contribution is -0.136. The molecule has 0 aliphatic rings. The Morgan fingerprint density at radius 1 is 0.920 bits per heavy atom. The third kappa shape index (κ3) is 3.61. The molecule has 0 unspecified atom stereocenters. The minimum absolute atomic E-state index is 0.210. The van der Waals surface area contributed by atoms with Gasteiger partial charge in [-0.25, -0.2) is 4.79 Å². The van der Waals surface area contributed by atoms with Gasteiger partial charge in [-0.2, -0.15) is 0 Å². The molecule has 0 saturated carbocycles. The quantitative estimate of drug-likeness (QED) is 0.391. The summed E-state index contributed by atoms with van der Waals surface area (Å²) in [5.74, 6) is 0.567. The number of aldehydes is 1. The van der Waals surface area contributed by atoms with Crippen LogP contribution >= 0.6 is 0 Å². The van der Waals surface area contributed by atoms with E-state index in [-0.39, 0.29) is 12.4 Å². The predicted molar refractivity (Wildman–Crippen MR) is 93.5 cm³/mol. The fourth-order valence-electron chi connectivity index (χ4n) is 2.51. The summed E-state index contributed by atoms with van der Waals surface area (Å²) in [6.07, 6.45) is 0.687. The number of methoxy groups -OCH3 is 1. The van der Waals surface area contributed by atoms with Gasteiger partial charge in [0, 0.05) is 0 Å². The van der Waals surface area contributed by atoms with E-state index in [0.717, 1.165) is 10.8 Å². The molecule has 0 fully saturated rings. The molecule has 3 aromatic carbocycles. The molecule has 0 radical (unpaired) electrons. The summed E-state index contributed by atoms with van der Waals surface area (Å²) < 4.78 is 15.9. The highest BCUT2D eigenvalue weighted by Crippen LogP contribution is 2.28. The maximum atomic E-state index is 12.1. The summed E-state index contributed by atoms with van der Waals surface area (Å²) in [5, 5.41) is 1.63. The second kappa shape index (κ2) is 7.49. The van der Waals surface area contributed by atoms with Crippen molar-refractivity contribution in [2.75, 3.05) is 13.7 Å². The molecule has 5 nitrogen and oxygen atoms in total. The van der Waals surface area contributed by atoms with Crippen molar-refractivity contribution in [3.63, 3.8) is 0 Å². The van der Waals surface area contributed by atoms with Gasteiger partial charge in [-0.1, -0.05) is 42.5 Å². The van der Waals surface area contributed by atoms with Crippen LogP contribution in [0.2, 0.25) is 0 Å². The fraction of sp³-hybridized carbons (Fsp3) is 0.100. The molecule has 0 N–H and O–H groups in total. The lowest BCUT2D eigenvalue weighted by Crippen LogP contribution is -2.18. The van der Waals surface area contributed by atoms with E-state index in [9.17, 15) is 9.59 Å². The molecular formula is C20H16O5. The zero-order valence-corrected chi connectivity index (χ0v) is 13.6. The van der Waals surface area contributed by atoms with Crippen LogP contribution in [0.1, 0.15) is 10.4 Å². The molecule has 0 heterocycles. The van der Waals surface area contributed by atoms with Gasteiger partial charge in [0.05, 0.1) is 12.7 Å². The second-order valence-corrected chi connectivity index (χ2v) is 5.23. The van der Waals surface area contributed by atoms with Crippen LogP contribution in [0, 0.1) is 0 Å². The van der Waals surface area contributed by atoms with Crippen LogP contribution in [0.25, 0.3) is 10.8 Å². The van der Waals surface area contributed by atoms with Crippen LogP contribution in [0.15, 0.2) is 60.7 Å². The highest BCUT2D eigenvalue weighted by Gasteiger charge is 2.13. The zero-order chi connectivity index (χ0) is 17.6. The molecule has 0 aliphatic carbocycles. The first-order valence-electron chi connectivity index (χ1n) is 7.66. The van der Waals surface area contributed by atoms with E-state index >= 15 is 0 Å². The average molecular weight is 336 g/mol. The molecular weight excluding hydrogens is 320 g/mol. The molecule has 25 heavy (non-hydrogen) atoms. The SMILES string of the molecule is COc1ccccc1OCC(=O)Oc1ccc2ccccc2c1C=O. The van der Waals surface area contributed by atoms with E-state index in [0.29, 0.717) is 23.3 Å². The Labute approximate surface area is 144 Å². The average Bonchev–Trinajstić information content (AvgIpc) is 2.66. The second-order valence-electron chi connectivity index (χ2n) is 5.23. The number of ether oxygens (including phenoxy) is 3. The third-order valence-electron chi connectivity index (χ3n) is 3.69. The number of carbonyl (C=O) groups excluding carboxylic acids is 2. The van der Waals surface area contributed by atoms with E-state index < -0.39 is 5.97 Å². The third-order valence-corrected chi connectivity index (χ3v) is 3.69. The Morgan fingerprint density at radius 2 is 1.64 bits per heavy atom. The van der Waals surface area contributed by atoms with Crippen molar-refractivity contribution in [2.24, 2.45) is 0 Å². The largest absolute Gasteiger partial charge is 0.493 e. The first kappa shape index (κ1) is 16.5. The normalized spacial score (nSPS) is 10.3. The number of benzene rings is 3. The number of esters is 1. The van der Waals surface area contributed by atoms with Gasteiger partial charge in [-0.3, -0.25) is 4.79 Å². The van der Waals surface area contributed by atoms with E-state index in [1.165, 1.54) is 7.11 Å². The summed E-state index contributed by atoms with van der Waals surface area (Å²) in [4.78, 5) is 23.5. The smallest absolute Gasteiger partial charge is 0.349 e. The number of para-hydroxylation sites is 2. The van der Waals surface area contributed by atoms with Crippen molar-refractivity contribution in [1.29, 1.82) is 0 Å². The molecule has 0 amide bonds. The number of fused-ring (bicyclic) bond motifs is 1. The van der Waals surface area contributed by atoms with Crippen molar-refractivity contribution in [2.45, 2.75) is 0 Å². The van der Waals surface area contributed by atoms with Crippen LogP contribution in [0.3, 0.4) is 0 Å². The zero-order valence-electron chi connectivity index (χ0n) is 13.6. The maximum Gasteiger partial charge on any atom is 0.349 e. The first-order valence-corrected chi connectivity index (χ1v) is 7.66. The topological polar surface area (TPSA) is 61.8 Å². The molecule has 0 bridgehead atoms. The van der Waals surface area contributed by atoms with Gasteiger partial charge in [-0.05, 0) is 29.0 Å². The molecule has 0 saturated heterocycles. The summed E-state index contributed by atoms with van der Waals surface area (Å²) in [6.45, 7) is -0.300. The molecule has 5 heteroatoms. The number of carbonyl (C=O) groups is 2. The van der Waals surface area contributed by atoms with Gasteiger partial charge < -0.3 is 14.2 Å². The van der Waals surface area contributed by atoms with Gasteiger partial charge in [-0.15, -0.1) is 0 Å². The van der Waals surface area contributed by atoms with Crippen molar-refractivity contribution in [1.82, 2.24) is 0 Å². The Balaban J connectivity index is 1.75. The molecule has 0 aromatic heterocycles. The minimum Gasteiger partial charge on any atom is -0.493 e. The van der Waals surface area contributed by atoms with E-state index in [1.54, 1.807) is 36.4 Å². The van der Waals surface area contributed by atoms with Crippen LogP contribution in [0.4, 0.5) is 0 Å². The summed E-state index contributed by atoms with van der Waals surface area (Å²) in [6, 6.07) is 17.8. The molecule has 3 rings (SSSR count). The van der Waals surface area contributed by atoms with Gasteiger partial charge in [0.2, 0.25) is 0 Å². The Morgan fingerprint density at radius 3 is 2.40 bits per heavy atom. The van der Waals surface area contributed by atoms with Gasteiger partial charge in [0.15, 0.2) is 24.4 Å². The number of rotatable bonds is 6. The molecule has 0 aliphatic heterocycles. The van der Waals surface area contributed by atoms with Gasteiger partial charge in [0.25, 0.3) is 0 Å². The number of hydrogen-bond acceptors (Lipinski definition) is 5. The maximum absolute atomic E-state index is 12.1. The van der Waals surface area contributed by atoms with Crippen molar-refractivity contribution < 1.29 is 23.8 Å². The number of hydrogen-bond donors (Lipinski definition) is 0. The highest BCUT2D eigenvalue weighted by atomic mass is 16.6. The van der Waals surface area contributed by atoms with Crippen LogP contribution in [0.5, 0.6) is 17.2 Å². The van der Waals surface area contributed by atoms with Crippen LogP contribution in [-0.4, -0.2) is 26.0 Å². The van der Waals surface area contributed by atoms with Gasteiger partial charge >= 0.3 is 5.97 Å². The molecule has 126 valence electrons. The van der Waals surface area contributed by atoms with E-state index in [4.69, 9.17) is 14.2 Å². The van der Waals surface area contributed by atoms with Gasteiger partial charge in [0.1, 0.15) is 5.75 Å². The van der Waals surface area contributed by atoms with Crippen molar-refractivity contribution in [3.05, 3.63) is 66.2 Å². The Hall–Kier alpha value is -3.34. The fourth-order valence-corrected chi connectivity index (χ4v) is 2.51. The minimum atomic E-state index is -0.607. The lowest BCUT2D eigenvalue weighted by Gasteiger charge is -2.11. The molecule has 0 atom stereocenters. The van der Waals surface area contributed by atoms with E-state index in [2.05, 4.69) is 0 Å². The lowest BCUT2D eigenvalue weighted by atomic mass is 10.0. The molecule has 0 spiro atoms. The van der Waals surface area contributed by atoms with Crippen LogP contribution in [-0.2, 0) is 4.79 Å². The first-order chi connectivity index (χ1) is 12.2. The summed E-state index contributed by atoms with van der Waals surface area (Å²) >= 11 is 0. The Kier molecular flexibility index (Phi) is 4.95. The molecule has 3 aromatic rings. The van der Waals surface area contributed by atoms with Crippen molar-refractivity contribution in [3.8, 4) is 17.2 Å².